The summed E-state index contributed by atoms with van der Waals surface area (Å²) in [6, 6.07) is 6.88. The molecule has 1 aromatic carbocycles. The lowest BCUT2D eigenvalue weighted by molar-refractivity contribution is -0.142. The molecule has 3 N–H and O–H groups in total. The Morgan fingerprint density at radius 2 is 1.93 bits per heavy atom. The first-order chi connectivity index (χ1) is 13.2. The van der Waals surface area contributed by atoms with Crippen molar-refractivity contribution in [3.8, 4) is 0 Å². The van der Waals surface area contributed by atoms with Gasteiger partial charge in [-0.1, -0.05) is 18.6 Å². The summed E-state index contributed by atoms with van der Waals surface area (Å²) >= 11 is 0. The van der Waals surface area contributed by atoms with Crippen molar-refractivity contribution in [2.24, 2.45) is 0 Å². The van der Waals surface area contributed by atoms with Gasteiger partial charge in [-0.05, 0) is 55.9 Å². The highest BCUT2D eigenvalue weighted by Crippen LogP contribution is 2.21. The van der Waals surface area contributed by atoms with Gasteiger partial charge in [-0.25, -0.2) is 4.79 Å². The zero-order valence-corrected chi connectivity index (χ0v) is 15.6. The second-order valence-electron chi connectivity index (χ2n) is 6.67. The van der Waals surface area contributed by atoms with E-state index in [4.69, 9.17) is 4.74 Å². The standard InChI is InChI=1S/C20H26N4O3/c1-2-27-19(25)12-14-8-10-15(11-9-14)22-20(26)21-13-18-16-6-4-3-5-7-17(16)23-24-18/h8-11H,2-7,12-13H2,1H3,(H,23,24)(H2,21,22,26). The number of benzene rings is 1. The van der Waals surface area contributed by atoms with Crippen molar-refractivity contribution in [3.05, 3.63) is 46.8 Å². The van der Waals surface area contributed by atoms with E-state index >= 15 is 0 Å². The summed E-state index contributed by atoms with van der Waals surface area (Å²) in [5, 5.41) is 13.1. The molecule has 1 aromatic heterocycles. The normalized spacial score (nSPS) is 13.4. The Labute approximate surface area is 158 Å². The average Bonchev–Trinajstić information content (AvgIpc) is 2.88. The van der Waals surface area contributed by atoms with Gasteiger partial charge >= 0.3 is 12.0 Å². The number of esters is 1. The van der Waals surface area contributed by atoms with E-state index in [-0.39, 0.29) is 18.4 Å². The lowest BCUT2D eigenvalue weighted by Crippen LogP contribution is -2.28. The van der Waals surface area contributed by atoms with Crippen molar-refractivity contribution in [1.29, 1.82) is 0 Å². The van der Waals surface area contributed by atoms with Crippen LogP contribution in [0.25, 0.3) is 0 Å². The number of aromatic amines is 1. The van der Waals surface area contributed by atoms with Gasteiger partial charge < -0.3 is 15.4 Å². The van der Waals surface area contributed by atoms with Gasteiger partial charge in [-0.2, -0.15) is 5.10 Å². The Balaban J connectivity index is 1.49. The maximum Gasteiger partial charge on any atom is 0.319 e. The number of hydrogen-bond donors (Lipinski definition) is 3. The lowest BCUT2D eigenvalue weighted by atomic mass is 10.1. The van der Waals surface area contributed by atoms with Crippen molar-refractivity contribution in [1.82, 2.24) is 15.5 Å². The second kappa shape index (κ2) is 9.21. The van der Waals surface area contributed by atoms with Gasteiger partial charge in [-0.15, -0.1) is 0 Å². The van der Waals surface area contributed by atoms with Crippen molar-refractivity contribution in [2.75, 3.05) is 11.9 Å². The summed E-state index contributed by atoms with van der Waals surface area (Å²) in [6.45, 7) is 2.56. The SMILES string of the molecule is CCOC(=O)Cc1ccc(NC(=O)NCc2n[nH]c3c2CCCCC3)cc1. The zero-order chi connectivity index (χ0) is 19.1. The number of H-pyrrole nitrogens is 1. The Morgan fingerprint density at radius 3 is 2.70 bits per heavy atom. The highest BCUT2D eigenvalue weighted by molar-refractivity contribution is 5.89. The summed E-state index contributed by atoms with van der Waals surface area (Å²) in [5.41, 5.74) is 4.91. The molecule has 0 bridgehead atoms. The fourth-order valence-electron chi connectivity index (χ4n) is 3.30. The van der Waals surface area contributed by atoms with Gasteiger partial charge in [0.05, 0.1) is 25.3 Å². The molecule has 7 heteroatoms. The van der Waals surface area contributed by atoms with Gasteiger partial charge in [0.1, 0.15) is 0 Å². The van der Waals surface area contributed by atoms with Crippen LogP contribution in [0.3, 0.4) is 0 Å². The minimum atomic E-state index is -0.279. The predicted octanol–water partition coefficient (Wildman–Crippen LogP) is 3.11. The average molecular weight is 370 g/mol. The molecule has 1 aliphatic rings. The maximum atomic E-state index is 12.2. The van der Waals surface area contributed by atoms with Crippen molar-refractivity contribution in [2.45, 2.75) is 52.0 Å². The van der Waals surface area contributed by atoms with Gasteiger partial charge in [0, 0.05) is 11.4 Å². The van der Waals surface area contributed by atoms with Gasteiger partial charge in [0.2, 0.25) is 0 Å². The van der Waals surface area contributed by atoms with E-state index in [9.17, 15) is 9.59 Å². The molecule has 0 atom stereocenters. The van der Waals surface area contributed by atoms with Crippen molar-refractivity contribution in [3.63, 3.8) is 0 Å². The van der Waals surface area contributed by atoms with Gasteiger partial charge in [0.15, 0.2) is 0 Å². The summed E-state index contributed by atoms with van der Waals surface area (Å²) in [7, 11) is 0. The van der Waals surface area contributed by atoms with E-state index in [0.29, 0.717) is 18.8 Å². The van der Waals surface area contributed by atoms with E-state index in [2.05, 4.69) is 20.8 Å². The van der Waals surface area contributed by atoms with Crippen LogP contribution in [0.5, 0.6) is 0 Å². The molecule has 1 aliphatic carbocycles. The van der Waals surface area contributed by atoms with Crippen LogP contribution in [-0.4, -0.2) is 28.8 Å². The minimum Gasteiger partial charge on any atom is -0.466 e. The fourth-order valence-corrected chi connectivity index (χ4v) is 3.30. The number of anilines is 1. The van der Waals surface area contributed by atoms with Crippen LogP contribution in [0.2, 0.25) is 0 Å². The summed E-state index contributed by atoms with van der Waals surface area (Å²) in [4.78, 5) is 23.6. The number of nitrogens with zero attached hydrogens (tertiary/aromatic N) is 1. The largest absolute Gasteiger partial charge is 0.466 e. The van der Waals surface area contributed by atoms with Crippen molar-refractivity contribution < 1.29 is 14.3 Å². The third-order valence-electron chi connectivity index (χ3n) is 4.67. The number of ether oxygens (including phenoxy) is 1. The molecule has 0 spiro atoms. The van der Waals surface area contributed by atoms with E-state index in [1.807, 2.05) is 0 Å². The number of urea groups is 1. The lowest BCUT2D eigenvalue weighted by Gasteiger charge is -2.08. The third kappa shape index (κ3) is 5.32. The Kier molecular flexibility index (Phi) is 6.46. The number of aryl methyl sites for hydroxylation is 1. The molecular weight excluding hydrogens is 344 g/mol. The van der Waals surface area contributed by atoms with E-state index in [1.54, 1.807) is 31.2 Å². The first-order valence-corrected chi connectivity index (χ1v) is 9.50. The minimum absolute atomic E-state index is 0.227. The molecule has 7 nitrogen and oxygen atoms in total. The van der Waals surface area contributed by atoms with E-state index in [0.717, 1.165) is 24.1 Å². The first kappa shape index (κ1) is 18.9. The number of carbonyl (C=O) groups is 2. The molecule has 3 rings (SSSR count). The molecule has 2 amide bonds. The molecule has 2 aromatic rings. The first-order valence-electron chi connectivity index (χ1n) is 9.50. The summed E-state index contributed by atoms with van der Waals surface area (Å²) < 4.78 is 4.93. The molecule has 0 saturated carbocycles. The van der Waals surface area contributed by atoms with E-state index in [1.165, 1.54) is 30.5 Å². The number of fused-ring (bicyclic) bond motifs is 1. The zero-order valence-electron chi connectivity index (χ0n) is 15.6. The highest BCUT2D eigenvalue weighted by Gasteiger charge is 2.16. The van der Waals surface area contributed by atoms with Crippen molar-refractivity contribution >= 4 is 17.7 Å². The molecule has 0 radical (unpaired) electrons. The number of aromatic nitrogens is 2. The number of amides is 2. The molecule has 27 heavy (non-hydrogen) atoms. The third-order valence-corrected chi connectivity index (χ3v) is 4.67. The summed E-state index contributed by atoms with van der Waals surface area (Å²) in [5.74, 6) is -0.255. The maximum absolute atomic E-state index is 12.2. The Morgan fingerprint density at radius 1 is 1.15 bits per heavy atom. The number of rotatable bonds is 6. The van der Waals surface area contributed by atoms with Gasteiger partial charge in [-0.3, -0.25) is 9.89 Å². The molecular formula is C20H26N4O3. The van der Waals surface area contributed by atoms with Crippen LogP contribution < -0.4 is 10.6 Å². The van der Waals surface area contributed by atoms with Crippen LogP contribution in [0.1, 0.15) is 48.7 Å². The number of carbonyl (C=O) groups excluding carboxylic acids is 2. The number of hydrogen-bond acceptors (Lipinski definition) is 4. The smallest absolute Gasteiger partial charge is 0.319 e. The molecule has 0 fully saturated rings. The monoisotopic (exact) mass is 370 g/mol. The van der Waals surface area contributed by atoms with Crippen LogP contribution in [-0.2, 0) is 35.3 Å². The number of nitrogens with one attached hydrogen (secondary N) is 3. The molecule has 0 saturated heterocycles. The van der Waals surface area contributed by atoms with Crippen LogP contribution >= 0.6 is 0 Å². The molecule has 1 heterocycles. The Hall–Kier alpha value is -2.83. The summed E-state index contributed by atoms with van der Waals surface area (Å²) in [6.07, 6.45) is 5.88. The van der Waals surface area contributed by atoms with E-state index < -0.39 is 0 Å². The quantitative estimate of drug-likeness (QED) is 0.538. The van der Waals surface area contributed by atoms with Crippen LogP contribution in [0, 0.1) is 0 Å². The molecule has 0 unspecified atom stereocenters. The Bertz CT molecular complexity index is 783. The predicted molar refractivity (Wildman–Crippen MR) is 102 cm³/mol. The van der Waals surface area contributed by atoms with Crippen LogP contribution in [0.4, 0.5) is 10.5 Å². The highest BCUT2D eigenvalue weighted by atomic mass is 16.5. The van der Waals surface area contributed by atoms with Crippen LogP contribution in [0.15, 0.2) is 24.3 Å². The molecule has 0 aliphatic heterocycles. The topological polar surface area (TPSA) is 96.1 Å². The van der Waals surface area contributed by atoms with Gasteiger partial charge in [0.25, 0.3) is 0 Å². The molecule has 144 valence electrons. The fraction of sp³-hybridized carbons (Fsp3) is 0.450. The second-order valence-corrected chi connectivity index (χ2v) is 6.67.